The smallest absolute Gasteiger partial charge is 0.225 e. The predicted octanol–water partition coefficient (Wildman–Crippen LogP) is 3.74. The number of anilines is 1. The molecule has 0 radical (unpaired) electrons. The van der Waals surface area contributed by atoms with Crippen molar-refractivity contribution in [2.75, 3.05) is 31.5 Å². The van der Waals surface area contributed by atoms with E-state index >= 15 is 0 Å². The van der Waals surface area contributed by atoms with Crippen LogP contribution in [-0.4, -0.2) is 54.0 Å². The Morgan fingerprint density at radius 1 is 1.12 bits per heavy atom. The lowest BCUT2D eigenvalue weighted by Gasteiger charge is -2.40. The van der Waals surface area contributed by atoms with Gasteiger partial charge in [-0.1, -0.05) is 6.92 Å². The first-order valence-corrected chi connectivity index (χ1v) is 10.1. The van der Waals surface area contributed by atoms with Gasteiger partial charge in [-0.15, -0.1) is 0 Å². The van der Waals surface area contributed by atoms with Crippen molar-refractivity contribution in [3.05, 3.63) is 30.1 Å². The summed E-state index contributed by atoms with van der Waals surface area (Å²) in [5.74, 6) is 0.323. The average molecular weight is 362 g/mol. The normalized spacial score (nSPS) is 25.7. The number of carbonyl (C=O) groups excluding carboxylic acids is 1. The number of hydrogen-bond donors (Lipinski definition) is 1. The van der Waals surface area contributed by atoms with E-state index in [1.54, 1.807) is 12.1 Å². The van der Waals surface area contributed by atoms with Crippen LogP contribution in [0.4, 0.5) is 10.1 Å². The van der Waals surface area contributed by atoms with Crippen molar-refractivity contribution in [1.82, 2.24) is 9.80 Å². The molecule has 1 heterocycles. The summed E-state index contributed by atoms with van der Waals surface area (Å²) in [4.78, 5) is 17.4. The van der Waals surface area contributed by atoms with Crippen LogP contribution in [0.3, 0.4) is 0 Å². The highest BCUT2D eigenvalue weighted by atomic mass is 19.1. The molecule has 26 heavy (non-hydrogen) atoms. The Morgan fingerprint density at radius 3 is 2.31 bits per heavy atom. The maximum absolute atomic E-state index is 13.0. The summed E-state index contributed by atoms with van der Waals surface area (Å²) in [6, 6.07) is 7.52. The third kappa shape index (κ3) is 4.76. The zero-order chi connectivity index (χ0) is 18.5. The second-order valence-electron chi connectivity index (χ2n) is 7.82. The van der Waals surface area contributed by atoms with Gasteiger partial charge in [-0.2, -0.15) is 0 Å². The van der Waals surface area contributed by atoms with E-state index in [0.717, 1.165) is 57.5 Å². The lowest BCUT2D eigenvalue weighted by Crippen LogP contribution is -2.52. The van der Waals surface area contributed by atoms with Gasteiger partial charge in [0.05, 0.1) is 0 Å². The molecule has 2 fully saturated rings. The Labute approximate surface area is 156 Å². The van der Waals surface area contributed by atoms with Crippen molar-refractivity contribution in [1.29, 1.82) is 0 Å². The van der Waals surface area contributed by atoms with Crippen LogP contribution in [0.25, 0.3) is 0 Å². The van der Waals surface area contributed by atoms with Crippen molar-refractivity contribution in [3.63, 3.8) is 0 Å². The molecule has 1 N–H and O–H groups in total. The Hall–Kier alpha value is -1.62. The fourth-order valence-electron chi connectivity index (χ4n) is 4.17. The van der Waals surface area contributed by atoms with Crippen LogP contribution in [0.1, 0.15) is 46.0 Å². The zero-order valence-corrected chi connectivity index (χ0v) is 16.1. The van der Waals surface area contributed by atoms with E-state index in [1.165, 1.54) is 18.6 Å². The lowest BCUT2D eigenvalue weighted by molar-refractivity contribution is -0.138. The highest BCUT2D eigenvalue weighted by Gasteiger charge is 2.31. The predicted molar refractivity (Wildman–Crippen MR) is 104 cm³/mol. The van der Waals surface area contributed by atoms with Crippen LogP contribution in [0.5, 0.6) is 0 Å². The summed E-state index contributed by atoms with van der Waals surface area (Å²) < 4.78 is 13.0. The van der Waals surface area contributed by atoms with Crippen LogP contribution in [-0.2, 0) is 4.79 Å². The van der Waals surface area contributed by atoms with Crippen LogP contribution in [0, 0.1) is 11.7 Å². The maximum Gasteiger partial charge on any atom is 0.225 e. The van der Waals surface area contributed by atoms with Crippen molar-refractivity contribution in [2.45, 2.75) is 58.0 Å². The summed E-state index contributed by atoms with van der Waals surface area (Å²) in [6.45, 7) is 8.24. The standard InChI is InChI=1S/C21H32FN3O/c1-3-16(2)24-12-14-25(15-13-24)21(26)17-4-8-19(9-5-17)23-20-10-6-18(22)7-11-20/h6-7,10-11,16-17,19,23H,3-5,8-9,12-15H2,1-2H3/t16?,17-,19-. The van der Waals surface area contributed by atoms with E-state index < -0.39 is 0 Å². The molecule has 1 atom stereocenters. The first-order chi connectivity index (χ1) is 12.6. The summed E-state index contributed by atoms with van der Waals surface area (Å²) in [7, 11) is 0. The highest BCUT2D eigenvalue weighted by Crippen LogP contribution is 2.28. The molecule has 1 aromatic rings. The Kier molecular flexibility index (Phi) is 6.52. The lowest BCUT2D eigenvalue weighted by atomic mass is 9.85. The van der Waals surface area contributed by atoms with Gasteiger partial charge in [-0.3, -0.25) is 9.69 Å². The van der Waals surface area contributed by atoms with E-state index in [4.69, 9.17) is 0 Å². The second kappa shape index (κ2) is 8.85. The summed E-state index contributed by atoms with van der Waals surface area (Å²) in [6.07, 6.45) is 5.06. The quantitative estimate of drug-likeness (QED) is 0.868. The van der Waals surface area contributed by atoms with E-state index in [-0.39, 0.29) is 11.7 Å². The fourth-order valence-corrected chi connectivity index (χ4v) is 4.17. The molecule has 1 aliphatic carbocycles. The van der Waals surface area contributed by atoms with Gasteiger partial charge in [0, 0.05) is 49.9 Å². The van der Waals surface area contributed by atoms with Crippen molar-refractivity contribution < 1.29 is 9.18 Å². The van der Waals surface area contributed by atoms with E-state index in [2.05, 4.69) is 29.0 Å². The molecule has 1 saturated carbocycles. The molecule has 3 rings (SSSR count). The Bertz CT molecular complexity index is 575. The van der Waals surface area contributed by atoms with Gasteiger partial charge < -0.3 is 10.2 Å². The highest BCUT2D eigenvalue weighted by molar-refractivity contribution is 5.79. The third-order valence-electron chi connectivity index (χ3n) is 6.13. The maximum atomic E-state index is 13.0. The molecular weight excluding hydrogens is 329 g/mol. The number of carbonyl (C=O) groups is 1. The SMILES string of the molecule is CCC(C)N1CCN(C(=O)[C@H]2CC[C@H](Nc3ccc(F)cc3)CC2)CC1. The summed E-state index contributed by atoms with van der Waals surface area (Å²) >= 11 is 0. The zero-order valence-electron chi connectivity index (χ0n) is 16.1. The molecule has 2 aliphatic rings. The number of amides is 1. The van der Waals surface area contributed by atoms with Crippen LogP contribution in [0.15, 0.2) is 24.3 Å². The van der Waals surface area contributed by atoms with Gasteiger partial charge in [-0.25, -0.2) is 4.39 Å². The average Bonchev–Trinajstić information content (AvgIpc) is 2.69. The molecule has 5 heteroatoms. The van der Waals surface area contributed by atoms with Gasteiger partial charge in [0.25, 0.3) is 0 Å². The number of halogens is 1. The monoisotopic (exact) mass is 361 g/mol. The molecule has 0 spiro atoms. The van der Waals surface area contributed by atoms with Gasteiger partial charge in [0.15, 0.2) is 0 Å². The van der Waals surface area contributed by atoms with Crippen LogP contribution >= 0.6 is 0 Å². The van der Waals surface area contributed by atoms with Crippen LogP contribution < -0.4 is 5.32 Å². The van der Waals surface area contributed by atoms with Crippen LogP contribution in [0.2, 0.25) is 0 Å². The Morgan fingerprint density at radius 2 is 1.73 bits per heavy atom. The van der Waals surface area contributed by atoms with Crippen molar-refractivity contribution >= 4 is 11.6 Å². The second-order valence-corrected chi connectivity index (χ2v) is 7.82. The van der Waals surface area contributed by atoms with Gasteiger partial charge in [0.2, 0.25) is 5.91 Å². The minimum atomic E-state index is -0.210. The number of nitrogens with one attached hydrogen (secondary N) is 1. The van der Waals surface area contributed by atoms with Gasteiger partial charge >= 0.3 is 0 Å². The molecular formula is C21H32FN3O. The number of rotatable bonds is 5. The van der Waals surface area contributed by atoms with Gasteiger partial charge in [-0.05, 0) is 63.3 Å². The number of benzene rings is 1. The van der Waals surface area contributed by atoms with E-state index in [0.29, 0.717) is 18.0 Å². The minimum Gasteiger partial charge on any atom is -0.382 e. The molecule has 1 unspecified atom stereocenters. The largest absolute Gasteiger partial charge is 0.382 e. The van der Waals surface area contributed by atoms with E-state index in [9.17, 15) is 9.18 Å². The molecule has 4 nitrogen and oxygen atoms in total. The first-order valence-electron chi connectivity index (χ1n) is 10.1. The molecule has 1 aliphatic heterocycles. The molecule has 0 bridgehead atoms. The van der Waals surface area contributed by atoms with Crippen molar-refractivity contribution in [3.8, 4) is 0 Å². The molecule has 1 amide bonds. The molecule has 144 valence electrons. The molecule has 1 aromatic carbocycles. The topological polar surface area (TPSA) is 35.6 Å². The minimum absolute atomic E-state index is 0.177. The number of hydrogen-bond acceptors (Lipinski definition) is 3. The summed E-state index contributed by atoms with van der Waals surface area (Å²) in [5, 5.41) is 3.47. The first kappa shape index (κ1) is 19.2. The number of nitrogens with zero attached hydrogens (tertiary/aromatic N) is 2. The molecule has 1 saturated heterocycles. The van der Waals surface area contributed by atoms with Gasteiger partial charge in [0.1, 0.15) is 5.82 Å². The fraction of sp³-hybridized carbons (Fsp3) is 0.667. The van der Waals surface area contributed by atoms with E-state index in [1.807, 2.05) is 0 Å². The molecule has 0 aromatic heterocycles. The Balaban J connectivity index is 1.43. The number of piperazine rings is 1. The van der Waals surface area contributed by atoms with Crippen molar-refractivity contribution in [2.24, 2.45) is 5.92 Å². The summed E-state index contributed by atoms with van der Waals surface area (Å²) in [5.41, 5.74) is 0.961. The third-order valence-corrected chi connectivity index (χ3v) is 6.13.